The average molecular weight is 467 g/mol. The SMILES string of the molecule is CC(C)[C@H]1COc2ccccc2C(=O)N(C)CCCCN1S(=O)(=O)c1ccc(F)c(F)c1. The van der Waals surface area contributed by atoms with Gasteiger partial charge in [0.05, 0.1) is 16.5 Å². The van der Waals surface area contributed by atoms with E-state index in [4.69, 9.17) is 4.74 Å². The zero-order chi connectivity index (χ0) is 23.5. The minimum Gasteiger partial charge on any atom is -0.491 e. The van der Waals surface area contributed by atoms with E-state index in [-0.39, 0.29) is 29.9 Å². The van der Waals surface area contributed by atoms with E-state index in [0.29, 0.717) is 36.8 Å². The van der Waals surface area contributed by atoms with Gasteiger partial charge in [-0.05, 0) is 49.1 Å². The van der Waals surface area contributed by atoms with Crippen LogP contribution in [0.25, 0.3) is 0 Å². The lowest BCUT2D eigenvalue weighted by molar-refractivity contribution is 0.0779. The van der Waals surface area contributed by atoms with E-state index in [1.165, 1.54) is 4.31 Å². The molecule has 0 bridgehead atoms. The molecule has 0 spiro atoms. The summed E-state index contributed by atoms with van der Waals surface area (Å²) in [4.78, 5) is 14.1. The van der Waals surface area contributed by atoms with Crippen molar-refractivity contribution in [3.05, 3.63) is 59.7 Å². The number of hydrogen-bond acceptors (Lipinski definition) is 4. The number of halogens is 2. The molecule has 3 rings (SSSR count). The number of hydrogen-bond donors (Lipinski definition) is 0. The van der Waals surface area contributed by atoms with Gasteiger partial charge in [0.15, 0.2) is 11.6 Å². The van der Waals surface area contributed by atoms with Crippen LogP contribution in [0, 0.1) is 17.6 Å². The molecule has 0 N–H and O–H groups in total. The second-order valence-corrected chi connectivity index (χ2v) is 10.1. The van der Waals surface area contributed by atoms with Gasteiger partial charge >= 0.3 is 0 Å². The van der Waals surface area contributed by atoms with E-state index in [2.05, 4.69) is 0 Å². The van der Waals surface area contributed by atoms with Crippen LogP contribution in [0.3, 0.4) is 0 Å². The van der Waals surface area contributed by atoms with Gasteiger partial charge in [0.2, 0.25) is 10.0 Å². The van der Waals surface area contributed by atoms with Crippen molar-refractivity contribution in [2.75, 3.05) is 26.7 Å². The average Bonchev–Trinajstić information content (AvgIpc) is 2.75. The Morgan fingerprint density at radius 2 is 1.72 bits per heavy atom. The fraction of sp³-hybridized carbons (Fsp3) is 0.435. The minimum absolute atomic E-state index is 0.00851. The number of carbonyl (C=O) groups excluding carboxylic acids is 1. The van der Waals surface area contributed by atoms with Gasteiger partial charge in [-0.25, -0.2) is 17.2 Å². The summed E-state index contributed by atoms with van der Waals surface area (Å²) in [6.07, 6.45) is 1.07. The molecule has 1 heterocycles. The Labute approximate surface area is 187 Å². The number of ether oxygens (including phenoxy) is 1. The fourth-order valence-electron chi connectivity index (χ4n) is 3.71. The predicted molar refractivity (Wildman–Crippen MR) is 117 cm³/mol. The van der Waals surface area contributed by atoms with Crippen LogP contribution in [0.15, 0.2) is 47.4 Å². The number of para-hydroxylation sites is 1. The molecule has 174 valence electrons. The molecule has 2 aromatic carbocycles. The van der Waals surface area contributed by atoms with Crippen molar-refractivity contribution in [3.63, 3.8) is 0 Å². The van der Waals surface area contributed by atoms with Gasteiger partial charge < -0.3 is 9.64 Å². The van der Waals surface area contributed by atoms with E-state index in [9.17, 15) is 22.0 Å². The molecule has 1 atom stereocenters. The molecule has 0 fully saturated rings. The zero-order valence-corrected chi connectivity index (χ0v) is 19.2. The summed E-state index contributed by atoms with van der Waals surface area (Å²) in [6, 6.07) is 8.88. The van der Waals surface area contributed by atoms with Crippen LogP contribution < -0.4 is 4.74 Å². The highest BCUT2D eigenvalue weighted by Crippen LogP contribution is 2.27. The molecule has 1 aliphatic heterocycles. The monoisotopic (exact) mass is 466 g/mol. The molecule has 0 unspecified atom stereocenters. The lowest BCUT2D eigenvalue weighted by Gasteiger charge is -2.34. The quantitative estimate of drug-likeness (QED) is 0.688. The third kappa shape index (κ3) is 5.10. The molecular weight excluding hydrogens is 438 g/mol. The molecule has 0 saturated carbocycles. The van der Waals surface area contributed by atoms with Gasteiger partial charge in [-0.15, -0.1) is 0 Å². The van der Waals surface area contributed by atoms with Crippen molar-refractivity contribution in [1.29, 1.82) is 0 Å². The Morgan fingerprint density at radius 1 is 1.03 bits per heavy atom. The van der Waals surface area contributed by atoms with Gasteiger partial charge in [-0.2, -0.15) is 4.31 Å². The first-order valence-corrected chi connectivity index (χ1v) is 12.0. The molecule has 32 heavy (non-hydrogen) atoms. The Morgan fingerprint density at radius 3 is 2.41 bits per heavy atom. The van der Waals surface area contributed by atoms with Gasteiger partial charge in [0, 0.05) is 20.1 Å². The van der Waals surface area contributed by atoms with E-state index >= 15 is 0 Å². The summed E-state index contributed by atoms with van der Waals surface area (Å²) in [5.41, 5.74) is 0.410. The highest BCUT2D eigenvalue weighted by atomic mass is 32.2. The number of amides is 1. The first-order chi connectivity index (χ1) is 15.1. The molecule has 6 nitrogen and oxygen atoms in total. The molecule has 9 heteroatoms. The Hall–Kier alpha value is -2.52. The van der Waals surface area contributed by atoms with Gasteiger partial charge in [-0.1, -0.05) is 26.0 Å². The Kier molecular flexibility index (Phi) is 7.51. The molecule has 0 aromatic heterocycles. The molecule has 0 aliphatic carbocycles. The third-order valence-corrected chi connectivity index (χ3v) is 7.55. The van der Waals surface area contributed by atoms with Crippen LogP contribution in [0.2, 0.25) is 0 Å². The largest absolute Gasteiger partial charge is 0.491 e. The molecule has 1 aliphatic rings. The van der Waals surface area contributed by atoms with Crippen molar-refractivity contribution in [2.45, 2.75) is 37.6 Å². The Bertz CT molecular complexity index is 1080. The summed E-state index contributed by atoms with van der Waals surface area (Å²) in [6.45, 7) is 4.36. The van der Waals surface area contributed by atoms with Gasteiger partial charge in [0.25, 0.3) is 5.91 Å². The maximum atomic E-state index is 13.8. The molecule has 0 radical (unpaired) electrons. The van der Waals surface area contributed by atoms with Crippen molar-refractivity contribution in [1.82, 2.24) is 9.21 Å². The topological polar surface area (TPSA) is 66.9 Å². The molecule has 0 saturated heterocycles. The van der Waals surface area contributed by atoms with Crippen LogP contribution in [0.1, 0.15) is 37.0 Å². The van der Waals surface area contributed by atoms with Crippen molar-refractivity contribution in [2.24, 2.45) is 5.92 Å². The number of rotatable bonds is 3. The van der Waals surface area contributed by atoms with Gasteiger partial charge in [0.1, 0.15) is 12.4 Å². The number of nitrogens with zero attached hydrogens (tertiary/aromatic N) is 2. The highest BCUT2D eigenvalue weighted by molar-refractivity contribution is 7.89. The molecular formula is C23H28F2N2O4S. The summed E-state index contributed by atoms with van der Waals surface area (Å²) in [7, 11) is -2.43. The van der Waals surface area contributed by atoms with Crippen LogP contribution in [0.4, 0.5) is 8.78 Å². The number of benzene rings is 2. The van der Waals surface area contributed by atoms with Crippen molar-refractivity contribution >= 4 is 15.9 Å². The lowest BCUT2D eigenvalue weighted by atomic mass is 10.0. The maximum absolute atomic E-state index is 13.8. The Balaban J connectivity index is 2.01. The number of sulfonamides is 1. The first-order valence-electron chi connectivity index (χ1n) is 10.6. The van der Waals surface area contributed by atoms with Crippen LogP contribution in [-0.4, -0.2) is 56.3 Å². The van der Waals surface area contributed by atoms with E-state index in [1.807, 2.05) is 13.8 Å². The standard InChI is InChI=1S/C23H28F2N2O4S/c1-16(2)21-15-31-22-9-5-4-8-18(22)23(28)26(3)12-6-7-13-27(21)32(29,30)17-10-11-19(24)20(25)14-17/h4-5,8-11,14,16,21H,6-7,12-13,15H2,1-3H3/t21-/m1/s1. The predicted octanol–water partition coefficient (Wildman–Crippen LogP) is 3.92. The van der Waals surface area contributed by atoms with E-state index in [1.54, 1.807) is 36.2 Å². The summed E-state index contributed by atoms with van der Waals surface area (Å²) in [5, 5.41) is 0. The van der Waals surface area contributed by atoms with Crippen LogP contribution in [0.5, 0.6) is 5.75 Å². The van der Waals surface area contributed by atoms with Crippen molar-refractivity contribution in [3.8, 4) is 5.75 Å². The first kappa shape index (κ1) is 24.1. The maximum Gasteiger partial charge on any atom is 0.257 e. The van der Waals surface area contributed by atoms with Crippen LogP contribution >= 0.6 is 0 Å². The summed E-state index contributed by atoms with van der Waals surface area (Å²) >= 11 is 0. The van der Waals surface area contributed by atoms with Crippen LogP contribution in [-0.2, 0) is 10.0 Å². The summed E-state index contributed by atoms with van der Waals surface area (Å²) in [5.74, 6) is -2.24. The number of fused-ring (bicyclic) bond motifs is 1. The summed E-state index contributed by atoms with van der Waals surface area (Å²) < 4.78 is 61.4. The van der Waals surface area contributed by atoms with Crippen molar-refractivity contribution < 1.29 is 26.7 Å². The third-order valence-electron chi connectivity index (χ3n) is 5.63. The molecule has 1 amide bonds. The van der Waals surface area contributed by atoms with E-state index < -0.39 is 27.7 Å². The fourth-order valence-corrected chi connectivity index (χ4v) is 5.51. The normalized spacial score (nSPS) is 19.1. The minimum atomic E-state index is -4.12. The zero-order valence-electron chi connectivity index (χ0n) is 18.4. The molecule has 2 aromatic rings. The second kappa shape index (κ2) is 9.95. The lowest BCUT2D eigenvalue weighted by Crippen LogP contribution is -2.47. The highest BCUT2D eigenvalue weighted by Gasteiger charge is 2.34. The smallest absolute Gasteiger partial charge is 0.257 e. The van der Waals surface area contributed by atoms with Gasteiger partial charge in [-0.3, -0.25) is 4.79 Å². The second-order valence-electron chi connectivity index (χ2n) is 8.24. The van der Waals surface area contributed by atoms with E-state index in [0.717, 1.165) is 12.1 Å². The number of carbonyl (C=O) groups is 1.